The number of nitrogens with zero attached hydrogens (tertiary/aromatic N) is 1. The standard InChI is InChI=1S/C22H21ClFNO4S/c1-4-13(2)29-18-9-8-14(10-19(18)28-3)11-20-21(26)25(22(27)30-20)12-15-16(23)6-5-7-17(15)24/h5-11,13H,4,12H2,1-3H3/b20-11-/t13-/m0/s1. The molecule has 2 aromatic rings. The largest absolute Gasteiger partial charge is 0.493 e. The van der Waals surface area contributed by atoms with Crippen LogP contribution in [0.5, 0.6) is 11.5 Å². The van der Waals surface area contributed by atoms with E-state index >= 15 is 0 Å². The number of imide groups is 1. The summed E-state index contributed by atoms with van der Waals surface area (Å²) in [6, 6.07) is 9.51. The highest BCUT2D eigenvalue weighted by molar-refractivity contribution is 8.18. The van der Waals surface area contributed by atoms with E-state index in [1.165, 1.54) is 25.3 Å². The first kappa shape index (κ1) is 22.2. The SMILES string of the molecule is CC[C@H](C)Oc1ccc(/C=C2\SC(=O)N(Cc3c(F)cccc3Cl)C2=O)cc1OC. The number of hydrogen-bond acceptors (Lipinski definition) is 5. The molecule has 0 aliphatic carbocycles. The third kappa shape index (κ3) is 4.79. The summed E-state index contributed by atoms with van der Waals surface area (Å²) in [5.74, 6) is 0.0723. The molecule has 1 heterocycles. The number of thioether (sulfide) groups is 1. The normalized spacial score (nSPS) is 16.3. The third-order valence-corrected chi connectivity index (χ3v) is 5.90. The average Bonchev–Trinajstić information content (AvgIpc) is 2.98. The average molecular weight is 450 g/mol. The Bertz CT molecular complexity index is 990. The molecule has 0 saturated carbocycles. The van der Waals surface area contributed by atoms with Crippen LogP contribution in [0.1, 0.15) is 31.4 Å². The van der Waals surface area contributed by atoms with Crippen LogP contribution in [0.25, 0.3) is 6.08 Å². The second-order valence-corrected chi connectivity index (χ2v) is 8.12. The molecule has 3 rings (SSSR count). The van der Waals surface area contributed by atoms with Crippen LogP contribution in [0.3, 0.4) is 0 Å². The molecule has 0 bridgehead atoms. The van der Waals surface area contributed by atoms with E-state index in [0.717, 1.165) is 23.1 Å². The molecule has 1 fully saturated rings. The van der Waals surface area contributed by atoms with Crippen molar-refractivity contribution in [2.45, 2.75) is 32.9 Å². The third-order valence-electron chi connectivity index (χ3n) is 4.64. The highest BCUT2D eigenvalue weighted by atomic mass is 35.5. The Labute approximate surface area is 183 Å². The summed E-state index contributed by atoms with van der Waals surface area (Å²) in [5.41, 5.74) is 0.786. The van der Waals surface area contributed by atoms with Gasteiger partial charge in [-0.2, -0.15) is 0 Å². The molecular formula is C22H21ClFNO4S. The van der Waals surface area contributed by atoms with E-state index < -0.39 is 17.0 Å². The predicted octanol–water partition coefficient (Wildman–Crippen LogP) is 5.90. The van der Waals surface area contributed by atoms with Gasteiger partial charge >= 0.3 is 0 Å². The first-order valence-corrected chi connectivity index (χ1v) is 10.6. The lowest BCUT2D eigenvalue weighted by Gasteiger charge is -2.16. The minimum atomic E-state index is -0.563. The predicted molar refractivity (Wildman–Crippen MR) is 116 cm³/mol. The summed E-state index contributed by atoms with van der Waals surface area (Å²) in [6.07, 6.45) is 2.49. The highest BCUT2D eigenvalue weighted by Gasteiger charge is 2.36. The molecule has 1 aliphatic rings. The van der Waals surface area contributed by atoms with Gasteiger partial charge in [0, 0.05) is 10.6 Å². The van der Waals surface area contributed by atoms with Gasteiger partial charge in [0.15, 0.2) is 11.5 Å². The van der Waals surface area contributed by atoms with Crippen molar-refractivity contribution >= 4 is 40.6 Å². The van der Waals surface area contributed by atoms with Crippen LogP contribution in [0, 0.1) is 5.82 Å². The fourth-order valence-electron chi connectivity index (χ4n) is 2.80. The van der Waals surface area contributed by atoms with E-state index in [4.69, 9.17) is 21.1 Å². The first-order valence-electron chi connectivity index (χ1n) is 9.37. The number of carbonyl (C=O) groups is 2. The summed E-state index contributed by atoms with van der Waals surface area (Å²) >= 11 is 6.83. The lowest BCUT2D eigenvalue weighted by Crippen LogP contribution is -2.28. The van der Waals surface area contributed by atoms with Crippen molar-refractivity contribution in [3.8, 4) is 11.5 Å². The topological polar surface area (TPSA) is 55.8 Å². The molecule has 0 unspecified atom stereocenters. The quantitative estimate of drug-likeness (QED) is 0.492. The minimum Gasteiger partial charge on any atom is -0.493 e. The van der Waals surface area contributed by atoms with Crippen LogP contribution >= 0.6 is 23.4 Å². The molecule has 0 radical (unpaired) electrons. The maximum atomic E-state index is 14.1. The molecule has 158 valence electrons. The lowest BCUT2D eigenvalue weighted by atomic mass is 10.1. The van der Waals surface area contributed by atoms with Crippen LogP contribution in [0.2, 0.25) is 5.02 Å². The number of halogens is 2. The maximum Gasteiger partial charge on any atom is 0.293 e. The number of benzene rings is 2. The van der Waals surface area contributed by atoms with Crippen molar-refractivity contribution in [3.63, 3.8) is 0 Å². The molecule has 0 aromatic heterocycles. The van der Waals surface area contributed by atoms with E-state index in [2.05, 4.69) is 0 Å². The second-order valence-electron chi connectivity index (χ2n) is 6.72. The fraction of sp³-hybridized carbons (Fsp3) is 0.273. The number of methoxy groups -OCH3 is 1. The van der Waals surface area contributed by atoms with Crippen LogP contribution in [0.4, 0.5) is 9.18 Å². The van der Waals surface area contributed by atoms with Gasteiger partial charge in [-0.05, 0) is 61.0 Å². The zero-order chi connectivity index (χ0) is 21.8. The Morgan fingerprint density at radius 1 is 1.23 bits per heavy atom. The molecule has 1 aliphatic heterocycles. The van der Waals surface area contributed by atoms with Gasteiger partial charge in [-0.1, -0.05) is 30.7 Å². The van der Waals surface area contributed by atoms with Gasteiger partial charge in [0.05, 0.1) is 24.7 Å². The smallest absolute Gasteiger partial charge is 0.293 e. The van der Waals surface area contributed by atoms with Crippen molar-refractivity contribution < 1.29 is 23.5 Å². The molecule has 0 spiro atoms. The highest BCUT2D eigenvalue weighted by Crippen LogP contribution is 2.36. The number of hydrogen-bond donors (Lipinski definition) is 0. The van der Waals surface area contributed by atoms with Crippen LogP contribution in [-0.4, -0.2) is 29.3 Å². The number of rotatable bonds is 7. The van der Waals surface area contributed by atoms with E-state index in [-0.39, 0.29) is 28.1 Å². The van der Waals surface area contributed by atoms with Crippen molar-refractivity contribution in [1.29, 1.82) is 0 Å². The number of ether oxygens (including phenoxy) is 2. The maximum absolute atomic E-state index is 14.1. The minimum absolute atomic E-state index is 0.0338. The fourth-order valence-corrected chi connectivity index (χ4v) is 3.86. The van der Waals surface area contributed by atoms with Crippen LogP contribution in [0.15, 0.2) is 41.3 Å². The van der Waals surface area contributed by atoms with Crippen LogP contribution in [-0.2, 0) is 11.3 Å². The molecule has 0 N–H and O–H groups in total. The Balaban J connectivity index is 1.83. The molecular weight excluding hydrogens is 429 g/mol. The molecule has 1 atom stereocenters. The van der Waals surface area contributed by atoms with Crippen LogP contribution < -0.4 is 9.47 Å². The van der Waals surface area contributed by atoms with Gasteiger partial charge in [-0.3, -0.25) is 14.5 Å². The molecule has 8 heteroatoms. The Kier molecular flexibility index (Phi) is 7.05. The van der Waals surface area contributed by atoms with Gasteiger partial charge in [0.1, 0.15) is 5.82 Å². The molecule has 5 nitrogen and oxygen atoms in total. The summed E-state index contributed by atoms with van der Waals surface area (Å²) in [5, 5.41) is -0.311. The van der Waals surface area contributed by atoms with E-state index in [1.54, 1.807) is 24.3 Å². The summed E-state index contributed by atoms with van der Waals surface area (Å²) < 4.78 is 25.3. The molecule has 1 saturated heterocycles. The van der Waals surface area contributed by atoms with Gasteiger partial charge in [-0.25, -0.2) is 4.39 Å². The molecule has 2 aromatic carbocycles. The zero-order valence-corrected chi connectivity index (χ0v) is 18.3. The van der Waals surface area contributed by atoms with Crippen molar-refractivity contribution in [2.24, 2.45) is 0 Å². The Morgan fingerprint density at radius 2 is 2.00 bits per heavy atom. The van der Waals surface area contributed by atoms with Gasteiger partial charge in [0.25, 0.3) is 11.1 Å². The van der Waals surface area contributed by atoms with E-state index in [0.29, 0.717) is 17.1 Å². The Hall–Kier alpha value is -2.51. The lowest BCUT2D eigenvalue weighted by molar-refractivity contribution is -0.123. The second kappa shape index (κ2) is 9.53. The number of carbonyl (C=O) groups excluding carboxylic acids is 2. The van der Waals surface area contributed by atoms with Gasteiger partial charge in [0.2, 0.25) is 0 Å². The molecule has 30 heavy (non-hydrogen) atoms. The van der Waals surface area contributed by atoms with Gasteiger partial charge < -0.3 is 9.47 Å². The van der Waals surface area contributed by atoms with E-state index in [1.807, 2.05) is 13.8 Å². The summed E-state index contributed by atoms with van der Waals surface area (Å²) in [4.78, 5) is 26.3. The summed E-state index contributed by atoms with van der Waals surface area (Å²) in [6.45, 7) is 3.76. The van der Waals surface area contributed by atoms with Crippen molar-refractivity contribution in [1.82, 2.24) is 4.90 Å². The van der Waals surface area contributed by atoms with E-state index in [9.17, 15) is 14.0 Å². The zero-order valence-electron chi connectivity index (χ0n) is 16.8. The molecule has 2 amide bonds. The summed E-state index contributed by atoms with van der Waals surface area (Å²) in [7, 11) is 1.54. The van der Waals surface area contributed by atoms with Gasteiger partial charge in [-0.15, -0.1) is 0 Å². The Morgan fingerprint density at radius 3 is 2.67 bits per heavy atom. The first-order chi connectivity index (χ1) is 14.3. The number of amides is 2. The monoisotopic (exact) mass is 449 g/mol. The van der Waals surface area contributed by atoms with Crippen molar-refractivity contribution in [2.75, 3.05) is 7.11 Å². The van der Waals surface area contributed by atoms with Crippen molar-refractivity contribution in [3.05, 3.63) is 63.3 Å².